The van der Waals surface area contributed by atoms with Gasteiger partial charge in [-0.15, -0.1) is 0 Å². The molecule has 0 aliphatic rings. The standard InChI is InChI=1S/C13H18N2O3/c1-13(2,3)9-6-4-5-7-10(9)15-12(18)14-8-11(16)17/h4-7H,8H2,1-3H3,(H,16,17)(H2,14,15,18). The zero-order valence-electron chi connectivity index (χ0n) is 10.8. The SMILES string of the molecule is CC(C)(C)c1ccccc1NC(=O)NCC(=O)O. The van der Waals surface area contributed by atoms with E-state index in [1.54, 1.807) is 6.07 Å². The van der Waals surface area contributed by atoms with Gasteiger partial charge in [-0.05, 0) is 17.0 Å². The fraction of sp³-hybridized carbons (Fsp3) is 0.385. The Kier molecular flexibility index (Phi) is 4.31. The summed E-state index contributed by atoms with van der Waals surface area (Å²) >= 11 is 0. The predicted molar refractivity (Wildman–Crippen MR) is 69.8 cm³/mol. The summed E-state index contributed by atoms with van der Waals surface area (Å²) in [4.78, 5) is 21.9. The molecule has 98 valence electrons. The molecule has 5 heteroatoms. The van der Waals surface area contributed by atoms with Gasteiger partial charge in [-0.2, -0.15) is 0 Å². The minimum atomic E-state index is -1.07. The van der Waals surface area contributed by atoms with Crippen molar-refractivity contribution in [3.05, 3.63) is 29.8 Å². The normalized spacial score (nSPS) is 10.8. The van der Waals surface area contributed by atoms with Gasteiger partial charge in [0.15, 0.2) is 0 Å². The summed E-state index contributed by atoms with van der Waals surface area (Å²) < 4.78 is 0. The third-order valence-electron chi connectivity index (χ3n) is 2.38. The Morgan fingerprint density at radius 1 is 1.22 bits per heavy atom. The Bertz CT molecular complexity index is 450. The molecule has 0 unspecified atom stereocenters. The molecule has 0 atom stereocenters. The van der Waals surface area contributed by atoms with E-state index in [2.05, 4.69) is 10.6 Å². The summed E-state index contributed by atoms with van der Waals surface area (Å²) in [5.74, 6) is -1.07. The number of carboxylic acids is 1. The zero-order valence-corrected chi connectivity index (χ0v) is 10.8. The monoisotopic (exact) mass is 250 g/mol. The minimum Gasteiger partial charge on any atom is -0.480 e. The van der Waals surface area contributed by atoms with E-state index in [0.29, 0.717) is 5.69 Å². The third-order valence-corrected chi connectivity index (χ3v) is 2.38. The topological polar surface area (TPSA) is 78.4 Å². The van der Waals surface area contributed by atoms with Crippen LogP contribution in [0.25, 0.3) is 0 Å². The van der Waals surface area contributed by atoms with E-state index < -0.39 is 18.5 Å². The highest BCUT2D eigenvalue weighted by Gasteiger charge is 2.18. The molecule has 18 heavy (non-hydrogen) atoms. The number of amides is 2. The lowest BCUT2D eigenvalue weighted by molar-refractivity contribution is -0.135. The highest BCUT2D eigenvalue weighted by molar-refractivity contribution is 5.92. The van der Waals surface area contributed by atoms with Gasteiger partial charge in [-0.1, -0.05) is 39.0 Å². The predicted octanol–water partition coefficient (Wildman–Crippen LogP) is 2.19. The third kappa shape index (κ3) is 4.08. The van der Waals surface area contributed by atoms with Crippen molar-refractivity contribution >= 4 is 17.7 Å². The molecular formula is C13H18N2O3. The quantitative estimate of drug-likeness (QED) is 0.769. The number of rotatable bonds is 3. The lowest BCUT2D eigenvalue weighted by atomic mass is 9.86. The van der Waals surface area contributed by atoms with Crippen LogP contribution in [-0.2, 0) is 10.2 Å². The van der Waals surface area contributed by atoms with Crippen LogP contribution in [0.15, 0.2) is 24.3 Å². The van der Waals surface area contributed by atoms with Crippen LogP contribution in [0.2, 0.25) is 0 Å². The van der Waals surface area contributed by atoms with Gasteiger partial charge < -0.3 is 15.7 Å². The molecule has 5 nitrogen and oxygen atoms in total. The number of aliphatic carboxylic acids is 1. The van der Waals surface area contributed by atoms with Gasteiger partial charge in [-0.3, -0.25) is 4.79 Å². The van der Waals surface area contributed by atoms with E-state index in [1.807, 2.05) is 39.0 Å². The Morgan fingerprint density at radius 3 is 2.39 bits per heavy atom. The molecule has 1 rings (SSSR count). The Labute approximate surface area is 106 Å². The average Bonchev–Trinajstić information content (AvgIpc) is 2.25. The molecule has 0 saturated carbocycles. The highest BCUT2D eigenvalue weighted by Crippen LogP contribution is 2.28. The number of carbonyl (C=O) groups excluding carboxylic acids is 1. The fourth-order valence-electron chi connectivity index (χ4n) is 1.57. The molecule has 0 heterocycles. The molecule has 1 aromatic carbocycles. The van der Waals surface area contributed by atoms with Gasteiger partial charge in [0.05, 0.1) is 0 Å². The molecule has 0 aliphatic carbocycles. The fourth-order valence-corrected chi connectivity index (χ4v) is 1.57. The lowest BCUT2D eigenvalue weighted by Crippen LogP contribution is -2.33. The van der Waals surface area contributed by atoms with Gasteiger partial charge in [0.25, 0.3) is 0 Å². The van der Waals surface area contributed by atoms with Crippen LogP contribution in [0.5, 0.6) is 0 Å². The second kappa shape index (κ2) is 5.53. The molecular weight excluding hydrogens is 232 g/mol. The van der Waals surface area contributed by atoms with Crippen LogP contribution in [0, 0.1) is 0 Å². The second-order valence-corrected chi connectivity index (χ2v) is 5.00. The summed E-state index contributed by atoms with van der Waals surface area (Å²) in [5.41, 5.74) is 1.58. The Hall–Kier alpha value is -2.04. The maximum Gasteiger partial charge on any atom is 0.323 e. The smallest absolute Gasteiger partial charge is 0.323 e. The van der Waals surface area contributed by atoms with Crippen molar-refractivity contribution in [2.45, 2.75) is 26.2 Å². The van der Waals surface area contributed by atoms with E-state index in [-0.39, 0.29) is 5.41 Å². The first-order valence-corrected chi connectivity index (χ1v) is 5.67. The number of hydrogen-bond acceptors (Lipinski definition) is 2. The summed E-state index contributed by atoms with van der Waals surface area (Å²) in [6, 6.07) is 6.94. The molecule has 0 spiro atoms. The van der Waals surface area contributed by atoms with Crippen LogP contribution in [0.3, 0.4) is 0 Å². The molecule has 3 N–H and O–H groups in total. The molecule has 0 aliphatic heterocycles. The van der Waals surface area contributed by atoms with Crippen molar-refractivity contribution in [3.63, 3.8) is 0 Å². The molecule has 0 bridgehead atoms. The first-order valence-electron chi connectivity index (χ1n) is 5.67. The summed E-state index contributed by atoms with van der Waals surface area (Å²) in [6.07, 6.45) is 0. The number of urea groups is 1. The number of hydrogen-bond donors (Lipinski definition) is 3. The van der Waals surface area contributed by atoms with Crippen molar-refractivity contribution in [1.82, 2.24) is 5.32 Å². The molecule has 2 amide bonds. The molecule has 1 aromatic rings. The van der Waals surface area contributed by atoms with E-state index in [0.717, 1.165) is 5.56 Å². The van der Waals surface area contributed by atoms with Crippen molar-refractivity contribution in [2.75, 3.05) is 11.9 Å². The van der Waals surface area contributed by atoms with Gasteiger partial charge in [0.2, 0.25) is 0 Å². The Balaban J connectivity index is 2.79. The van der Waals surface area contributed by atoms with E-state index in [4.69, 9.17) is 5.11 Å². The number of benzene rings is 1. The van der Waals surface area contributed by atoms with Gasteiger partial charge in [0.1, 0.15) is 6.54 Å². The van der Waals surface area contributed by atoms with Crippen molar-refractivity contribution < 1.29 is 14.7 Å². The number of para-hydroxylation sites is 1. The van der Waals surface area contributed by atoms with E-state index in [1.165, 1.54) is 0 Å². The van der Waals surface area contributed by atoms with Crippen molar-refractivity contribution in [2.24, 2.45) is 0 Å². The first-order chi connectivity index (χ1) is 8.30. The Morgan fingerprint density at radius 2 is 1.83 bits per heavy atom. The van der Waals surface area contributed by atoms with Crippen molar-refractivity contribution in [1.29, 1.82) is 0 Å². The van der Waals surface area contributed by atoms with Gasteiger partial charge >= 0.3 is 12.0 Å². The van der Waals surface area contributed by atoms with Gasteiger partial charge in [0, 0.05) is 5.69 Å². The summed E-state index contributed by atoms with van der Waals surface area (Å²) in [5, 5.41) is 13.4. The van der Waals surface area contributed by atoms with Crippen LogP contribution in [-0.4, -0.2) is 23.7 Å². The van der Waals surface area contributed by atoms with Crippen LogP contribution in [0.4, 0.5) is 10.5 Å². The highest BCUT2D eigenvalue weighted by atomic mass is 16.4. The molecule has 0 radical (unpaired) electrons. The minimum absolute atomic E-state index is 0.101. The molecule has 0 aromatic heterocycles. The number of nitrogens with one attached hydrogen (secondary N) is 2. The molecule has 0 saturated heterocycles. The zero-order chi connectivity index (χ0) is 13.8. The van der Waals surface area contributed by atoms with Crippen LogP contribution in [0.1, 0.15) is 26.3 Å². The number of carbonyl (C=O) groups is 2. The van der Waals surface area contributed by atoms with Crippen LogP contribution >= 0.6 is 0 Å². The maximum atomic E-state index is 11.5. The number of carboxylic acid groups (broad SMARTS) is 1. The first kappa shape index (κ1) is 14.0. The van der Waals surface area contributed by atoms with Gasteiger partial charge in [-0.25, -0.2) is 4.79 Å². The number of anilines is 1. The van der Waals surface area contributed by atoms with E-state index >= 15 is 0 Å². The average molecular weight is 250 g/mol. The van der Waals surface area contributed by atoms with Crippen LogP contribution < -0.4 is 10.6 Å². The second-order valence-electron chi connectivity index (χ2n) is 5.00. The maximum absolute atomic E-state index is 11.5. The largest absolute Gasteiger partial charge is 0.480 e. The summed E-state index contributed by atoms with van der Waals surface area (Å²) in [6.45, 7) is 5.73. The summed E-state index contributed by atoms with van der Waals surface area (Å²) in [7, 11) is 0. The lowest BCUT2D eigenvalue weighted by Gasteiger charge is -2.22. The van der Waals surface area contributed by atoms with Crippen molar-refractivity contribution in [3.8, 4) is 0 Å². The van der Waals surface area contributed by atoms with E-state index in [9.17, 15) is 9.59 Å². The molecule has 0 fully saturated rings.